The van der Waals surface area contributed by atoms with Gasteiger partial charge >= 0.3 is 0 Å². The third kappa shape index (κ3) is 4.66. The minimum Gasteiger partial charge on any atom is -0.494 e. The standard InChI is InChI=1S/C18H22N2O5S2/c1-2-25-15-5-7-16(8-6-15)27(23,24)18-13-26(21,22)12-17(18)20-11-14-4-3-9-19-10-14/h3-10,17-18,20H,2,11-13H2,1H3/t17-,18-/m0/s1. The number of sulfone groups is 2. The molecular weight excluding hydrogens is 388 g/mol. The molecule has 0 radical (unpaired) electrons. The second-order valence-electron chi connectivity index (χ2n) is 6.41. The summed E-state index contributed by atoms with van der Waals surface area (Å²) in [6.07, 6.45) is 3.30. The van der Waals surface area contributed by atoms with Gasteiger partial charge < -0.3 is 10.1 Å². The van der Waals surface area contributed by atoms with E-state index >= 15 is 0 Å². The summed E-state index contributed by atoms with van der Waals surface area (Å²) in [5, 5.41) is 2.06. The van der Waals surface area contributed by atoms with Gasteiger partial charge in [0.2, 0.25) is 0 Å². The van der Waals surface area contributed by atoms with Crippen molar-refractivity contribution >= 4 is 19.7 Å². The van der Waals surface area contributed by atoms with Crippen molar-refractivity contribution in [2.45, 2.75) is 29.7 Å². The second-order valence-corrected chi connectivity index (χ2v) is 10.7. The predicted molar refractivity (Wildman–Crippen MR) is 102 cm³/mol. The van der Waals surface area contributed by atoms with Gasteiger partial charge in [0.05, 0.1) is 28.3 Å². The van der Waals surface area contributed by atoms with E-state index in [9.17, 15) is 16.8 Å². The van der Waals surface area contributed by atoms with Gasteiger partial charge in [-0.2, -0.15) is 0 Å². The van der Waals surface area contributed by atoms with Crippen LogP contribution in [0.1, 0.15) is 12.5 Å². The maximum absolute atomic E-state index is 13.1. The van der Waals surface area contributed by atoms with Gasteiger partial charge in [0.1, 0.15) is 5.75 Å². The summed E-state index contributed by atoms with van der Waals surface area (Å²) in [6, 6.07) is 9.03. The molecule has 7 nitrogen and oxygen atoms in total. The van der Waals surface area contributed by atoms with Gasteiger partial charge in [0.15, 0.2) is 19.7 Å². The number of ether oxygens (including phenoxy) is 1. The number of hydrogen-bond acceptors (Lipinski definition) is 7. The molecule has 1 aromatic heterocycles. The van der Waals surface area contributed by atoms with Crippen LogP contribution in [-0.2, 0) is 26.2 Å². The normalized spacial score (nSPS) is 21.8. The first-order valence-corrected chi connectivity index (χ1v) is 12.0. The van der Waals surface area contributed by atoms with E-state index in [0.29, 0.717) is 18.9 Å². The van der Waals surface area contributed by atoms with Crippen LogP contribution in [-0.4, -0.2) is 51.2 Å². The Balaban J connectivity index is 1.82. The molecule has 1 aliphatic heterocycles. The van der Waals surface area contributed by atoms with Crippen molar-refractivity contribution in [1.29, 1.82) is 0 Å². The highest BCUT2D eigenvalue weighted by atomic mass is 32.2. The van der Waals surface area contributed by atoms with E-state index in [-0.39, 0.29) is 16.4 Å². The van der Waals surface area contributed by atoms with Gasteiger partial charge in [-0.25, -0.2) is 16.8 Å². The number of hydrogen-bond donors (Lipinski definition) is 1. The van der Waals surface area contributed by atoms with Gasteiger partial charge in [-0.3, -0.25) is 4.98 Å². The molecule has 1 saturated heterocycles. The molecule has 2 heterocycles. The fourth-order valence-corrected chi connectivity index (χ4v) is 7.85. The maximum atomic E-state index is 13.1. The minimum absolute atomic E-state index is 0.0984. The molecule has 146 valence electrons. The van der Waals surface area contributed by atoms with Crippen LogP contribution in [0.4, 0.5) is 0 Å². The molecule has 27 heavy (non-hydrogen) atoms. The average Bonchev–Trinajstić information content (AvgIpc) is 2.97. The molecule has 0 aliphatic carbocycles. The molecule has 3 rings (SSSR count). The number of pyridine rings is 1. The van der Waals surface area contributed by atoms with Crippen molar-refractivity contribution in [1.82, 2.24) is 10.3 Å². The highest BCUT2D eigenvalue weighted by molar-refractivity contribution is 7.96. The number of nitrogens with zero attached hydrogens (tertiary/aromatic N) is 1. The Bertz CT molecular complexity index is 974. The maximum Gasteiger partial charge on any atom is 0.183 e. The Labute approximate surface area is 159 Å². The van der Waals surface area contributed by atoms with Crippen molar-refractivity contribution in [2.24, 2.45) is 0 Å². The van der Waals surface area contributed by atoms with Gasteiger partial charge in [0.25, 0.3) is 0 Å². The first-order chi connectivity index (χ1) is 12.8. The molecule has 0 spiro atoms. The molecule has 1 aromatic carbocycles. The summed E-state index contributed by atoms with van der Waals surface area (Å²) < 4.78 is 55.7. The Morgan fingerprint density at radius 1 is 1.19 bits per heavy atom. The van der Waals surface area contributed by atoms with E-state index in [0.717, 1.165) is 5.56 Å². The number of aromatic nitrogens is 1. The Morgan fingerprint density at radius 2 is 1.93 bits per heavy atom. The SMILES string of the molecule is CCOc1ccc(S(=O)(=O)[C@H]2CS(=O)(=O)C[C@@H]2NCc2cccnc2)cc1. The zero-order valence-corrected chi connectivity index (χ0v) is 16.5. The van der Waals surface area contributed by atoms with E-state index in [1.54, 1.807) is 30.6 Å². The summed E-state index contributed by atoms with van der Waals surface area (Å²) in [7, 11) is -7.25. The number of rotatable bonds is 7. The molecule has 0 amide bonds. The van der Waals surface area contributed by atoms with Crippen LogP contribution in [0.15, 0.2) is 53.7 Å². The van der Waals surface area contributed by atoms with E-state index in [1.165, 1.54) is 12.1 Å². The van der Waals surface area contributed by atoms with E-state index in [1.807, 2.05) is 13.0 Å². The summed E-state index contributed by atoms with van der Waals surface area (Å²) in [5.74, 6) is -0.0108. The van der Waals surface area contributed by atoms with Crippen LogP contribution < -0.4 is 10.1 Å². The van der Waals surface area contributed by atoms with Crippen LogP contribution in [0.5, 0.6) is 5.75 Å². The number of nitrogens with one attached hydrogen (secondary N) is 1. The summed E-state index contributed by atoms with van der Waals surface area (Å²) in [6.45, 7) is 2.67. The quantitative estimate of drug-likeness (QED) is 0.732. The van der Waals surface area contributed by atoms with E-state index in [2.05, 4.69) is 10.3 Å². The molecule has 0 saturated carbocycles. The van der Waals surface area contributed by atoms with Gasteiger partial charge in [-0.15, -0.1) is 0 Å². The summed E-state index contributed by atoms with van der Waals surface area (Å²) in [4.78, 5) is 4.11. The smallest absolute Gasteiger partial charge is 0.183 e. The second kappa shape index (κ2) is 7.95. The third-order valence-corrected chi connectivity index (χ3v) is 8.62. The van der Waals surface area contributed by atoms with E-state index in [4.69, 9.17) is 4.74 Å². The first-order valence-electron chi connectivity index (χ1n) is 8.61. The van der Waals surface area contributed by atoms with Crippen molar-refractivity contribution < 1.29 is 21.6 Å². The average molecular weight is 411 g/mol. The molecule has 0 bridgehead atoms. The summed E-state index contributed by atoms with van der Waals surface area (Å²) >= 11 is 0. The molecule has 1 N–H and O–H groups in total. The summed E-state index contributed by atoms with van der Waals surface area (Å²) in [5.41, 5.74) is 0.860. The molecule has 2 atom stereocenters. The molecule has 0 unspecified atom stereocenters. The topological polar surface area (TPSA) is 102 Å². The Kier molecular flexibility index (Phi) is 5.83. The monoisotopic (exact) mass is 410 g/mol. The zero-order valence-electron chi connectivity index (χ0n) is 14.9. The fourth-order valence-electron chi connectivity index (χ4n) is 3.13. The Hall–Kier alpha value is -1.97. The van der Waals surface area contributed by atoms with Gasteiger partial charge in [0, 0.05) is 25.0 Å². The van der Waals surface area contributed by atoms with Crippen LogP contribution in [0.3, 0.4) is 0 Å². The van der Waals surface area contributed by atoms with E-state index < -0.39 is 31.0 Å². The first kappa shape index (κ1) is 19.8. The van der Waals surface area contributed by atoms with Crippen LogP contribution in [0, 0.1) is 0 Å². The van der Waals surface area contributed by atoms with Crippen LogP contribution >= 0.6 is 0 Å². The fraction of sp³-hybridized carbons (Fsp3) is 0.389. The third-order valence-electron chi connectivity index (χ3n) is 4.45. The molecule has 1 aliphatic rings. The van der Waals surface area contributed by atoms with Crippen molar-refractivity contribution in [3.63, 3.8) is 0 Å². The molecular formula is C18H22N2O5S2. The van der Waals surface area contributed by atoms with Crippen molar-refractivity contribution in [3.05, 3.63) is 54.4 Å². The molecule has 1 fully saturated rings. The van der Waals surface area contributed by atoms with Crippen LogP contribution in [0.2, 0.25) is 0 Å². The Morgan fingerprint density at radius 3 is 2.56 bits per heavy atom. The van der Waals surface area contributed by atoms with Crippen LogP contribution in [0.25, 0.3) is 0 Å². The number of benzene rings is 1. The van der Waals surface area contributed by atoms with Crippen molar-refractivity contribution in [2.75, 3.05) is 18.1 Å². The largest absolute Gasteiger partial charge is 0.494 e. The minimum atomic E-state index is -3.81. The lowest BCUT2D eigenvalue weighted by Crippen LogP contribution is -2.43. The van der Waals surface area contributed by atoms with Gasteiger partial charge in [-0.05, 0) is 42.8 Å². The highest BCUT2D eigenvalue weighted by Crippen LogP contribution is 2.27. The molecule has 9 heteroatoms. The predicted octanol–water partition coefficient (Wildman–Crippen LogP) is 1.21. The molecule has 2 aromatic rings. The lowest BCUT2D eigenvalue weighted by atomic mass is 10.2. The zero-order chi connectivity index (χ0) is 19.5. The van der Waals surface area contributed by atoms with Crippen molar-refractivity contribution in [3.8, 4) is 5.75 Å². The highest BCUT2D eigenvalue weighted by Gasteiger charge is 2.45. The van der Waals surface area contributed by atoms with Gasteiger partial charge in [-0.1, -0.05) is 6.07 Å². The lowest BCUT2D eigenvalue weighted by molar-refractivity contribution is 0.340. The lowest BCUT2D eigenvalue weighted by Gasteiger charge is -2.20.